The highest BCUT2D eigenvalue weighted by Crippen LogP contribution is 2.25. The molecule has 4 heterocycles. The third kappa shape index (κ3) is 3.57. The van der Waals surface area contributed by atoms with Crippen molar-refractivity contribution in [1.29, 1.82) is 0 Å². The van der Waals surface area contributed by atoms with Crippen molar-refractivity contribution >= 4 is 18.1 Å². The van der Waals surface area contributed by atoms with Crippen LogP contribution in [0.5, 0.6) is 0 Å². The van der Waals surface area contributed by atoms with Crippen molar-refractivity contribution in [3.05, 3.63) is 72.2 Å². The maximum absolute atomic E-state index is 14.6. The highest BCUT2D eigenvalue weighted by molar-refractivity contribution is 5.61. The lowest BCUT2D eigenvalue weighted by Gasteiger charge is -2.20. The molecule has 1 unspecified atom stereocenters. The van der Waals surface area contributed by atoms with Gasteiger partial charge in [0.2, 0.25) is 6.41 Å². The van der Waals surface area contributed by atoms with Crippen molar-refractivity contribution in [2.24, 2.45) is 7.05 Å². The van der Waals surface area contributed by atoms with Gasteiger partial charge in [-0.05, 0) is 37.6 Å². The molecule has 0 N–H and O–H groups in total. The van der Waals surface area contributed by atoms with Crippen molar-refractivity contribution in [3.63, 3.8) is 0 Å². The predicted molar refractivity (Wildman–Crippen MR) is 109 cm³/mol. The van der Waals surface area contributed by atoms with Gasteiger partial charge in [-0.2, -0.15) is 0 Å². The van der Waals surface area contributed by atoms with Gasteiger partial charge in [0.05, 0.1) is 23.8 Å². The van der Waals surface area contributed by atoms with Crippen LogP contribution in [-0.4, -0.2) is 40.4 Å². The average Bonchev–Trinajstić information content (AvgIpc) is 3.36. The lowest BCUT2D eigenvalue weighted by molar-refractivity contribution is -0.117. The fourth-order valence-electron chi connectivity index (χ4n) is 3.18. The van der Waals surface area contributed by atoms with Gasteiger partial charge < -0.3 is 9.47 Å². The Morgan fingerprint density at radius 2 is 2.07 bits per heavy atom. The van der Waals surface area contributed by atoms with E-state index in [1.807, 2.05) is 26.1 Å². The van der Waals surface area contributed by atoms with Crippen LogP contribution >= 0.6 is 0 Å². The van der Waals surface area contributed by atoms with E-state index in [9.17, 15) is 9.18 Å². The van der Waals surface area contributed by atoms with E-state index in [2.05, 4.69) is 20.2 Å². The Hall–Kier alpha value is -3.88. The third-order valence-corrected chi connectivity index (χ3v) is 4.88. The molecule has 1 amide bonds. The third-order valence-electron chi connectivity index (χ3n) is 4.88. The first-order chi connectivity index (χ1) is 14.5. The normalized spacial score (nSPS) is 12.5. The fraction of sp³-hybridized carbons (Fsp3) is 0.190. The number of aryl methyl sites for hydroxylation is 2. The number of hydrogen-bond acceptors (Lipinski definition) is 5. The fourth-order valence-corrected chi connectivity index (χ4v) is 3.18. The Balaban J connectivity index is 1.71. The molecule has 0 aliphatic rings. The maximum Gasteiger partial charge on any atom is 0.214 e. The van der Waals surface area contributed by atoms with Crippen LogP contribution in [0.2, 0.25) is 0 Å². The van der Waals surface area contributed by atoms with Crippen molar-refractivity contribution in [2.75, 3.05) is 0 Å². The smallest absolute Gasteiger partial charge is 0.214 e. The summed E-state index contributed by atoms with van der Waals surface area (Å²) in [6.45, 7) is 3.74. The number of aromatic nitrogens is 6. The van der Waals surface area contributed by atoms with Gasteiger partial charge in [0.15, 0.2) is 17.3 Å². The van der Waals surface area contributed by atoms with E-state index < -0.39 is 11.9 Å². The number of halogens is 1. The summed E-state index contributed by atoms with van der Waals surface area (Å²) in [5, 5.41) is 8.10. The van der Waals surface area contributed by atoms with E-state index >= 15 is 0 Å². The van der Waals surface area contributed by atoms with E-state index in [0.717, 1.165) is 11.3 Å². The Morgan fingerprint density at radius 3 is 2.77 bits per heavy atom. The Bertz CT molecular complexity index is 1240. The number of rotatable bonds is 6. The monoisotopic (exact) mass is 405 g/mol. The van der Waals surface area contributed by atoms with E-state index in [1.165, 1.54) is 11.0 Å². The summed E-state index contributed by atoms with van der Waals surface area (Å²) in [5.74, 6) is -0.0856. The van der Waals surface area contributed by atoms with Crippen LogP contribution in [0, 0.1) is 12.7 Å². The molecule has 30 heavy (non-hydrogen) atoms. The van der Waals surface area contributed by atoms with E-state index in [4.69, 9.17) is 0 Å². The molecule has 4 aromatic heterocycles. The molecular weight excluding hydrogens is 385 g/mol. The Morgan fingerprint density at radius 1 is 1.23 bits per heavy atom. The zero-order valence-electron chi connectivity index (χ0n) is 16.8. The number of amides is 1. The first-order valence-electron chi connectivity index (χ1n) is 9.33. The summed E-state index contributed by atoms with van der Waals surface area (Å²) in [5.41, 5.74) is 3.05. The van der Waals surface area contributed by atoms with Gasteiger partial charge >= 0.3 is 0 Å². The van der Waals surface area contributed by atoms with Crippen molar-refractivity contribution in [1.82, 2.24) is 34.0 Å². The Kier molecular flexibility index (Phi) is 5.09. The second-order valence-corrected chi connectivity index (χ2v) is 7.00. The van der Waals surface area contributed by atoms with Gasteiger partial charge in [-0.1, -0.05) is 6.07 Å². The molecule has 0 bridgehead atoms. The lowest BCUT2D eigenvalue weighted by Crippen LogP contribution is -2.21. The van der Waals surface area contributed by atoms with Crippen LogP contribution in [0.4, 0.5) is 4.39 Å². The van der Waals surface area contributed by atoms with Crippen LogP contribution in [0.15, 0.2) is 49.3 Å². The molecule has 1 atom stereocenters. The topological polar surface area (TPSA) is 81.2 Å². The van der Waals surface area contributed by atoms with Gasteiger partial charge in [-0.25, -0.2) is 9.37 Å². The van der Waals surface area contributed by atoms with Crippen molar-refractivity contribution in [2.45, 2.75) is 19.9 Å². The number of imidazole rings is 1. The molecule has 4 aromatic rings. The van der Waals surface area contributed by atoms with Gasteiger partial charge in [0, 0.05) is 37.4 Å². The molecule has 9 heteroatoms. The molecule has 0 aliphatic heterocycles. The maximum atomic E-state index is 14.6. The quantitative estimate of drug-likeness (QED) is 0.460. The first-order valence-corrected chi connectivity index (χ1v) is 9.33. The first kappa shape index (κ1) is 19.4. The second kappa shape index (κ2) is 7.86. The van der Waals surface area contributed by atoms with Crippen LogP contribution in [0.25, 0.3) is 23.0 Å². The summed E-state index contributed by atoms with van der Waals surface area (Å²) in [6.07, 6.45) is 10.9. The number of fused-ring (bicyclic) bond motifs is 1. The standard InChI is InChI=1S/C21H20FN7O/c1-14-5-4-7-23-18(14)6-8-28(13-30)15(2)20-25-26-21-17(22)9-16(10-29(20)21)19-11-27(3)12-24-19/h4-13,15H,1-3H3/b8-6-. The number of carbonyl (C=O) groups is 1. The number of pyridine rings is 2. The minimum absolute atomic E-state index is 0.0898. The molecule has 152 valence electrons. The SMILES string of the molecule is Cc1cccnc1/C=C\N(C=O)C(C)c1nnc2c(F)cc(-c3cn(C)cn3)cn12. The summed E-state index contributed by atoms with van der Waals surface area (Å²) in [6, 6.07) is 4.68. The van der Waals surface area contributed by atoms with Gasteiger partial charge in [0.1, 0.15) is 0 Å². The summed E-state index contributed by atoms with van der Waals surface area (Å²) in [7, 11) is 1.84. The number of hydrogen-bond donors (Lipinski definition) is 0. The molecule has 0 aromatic carbocycles. The van der Waals surface area contributed by atoms with Gasteiger partial charge in [0.25, 0.3) is 0 Å². The summed E-state index contributed by atoms with van der Waals surface area (Å²) in [4.78, 5) is 21.8. The molecular formula is C21H20FN7O. The summed E-state index contributed by atoms with van der Waals surface area (Å²) >= 11 is 0. The molecule has 0 radical (unpaired) electrons. The van der Waals surface area contributed by atoms with E-state index in [1.54, 1.807) is 53.1 Å². The number of nitrogens with zero attached hydrogens (tertiary/aromatic N) is 7. The van der Waals surface area contributed by atoms with Crippen LogP contribution < -0.4 is 0 Å². The zero-order valence-corrected chi connectivity index (χ0v) is 16.8. The molecule has 0 aliphatic carbocycles. The summed E-state index contributed by atoms with van der Waals surface area (Å²) < 4.78 is 18.0. The van der Waals surface area contributed by atoms with Gasteiger partial charge in [-0.3, -0.25) is 14.2 Å². The van der Waals surface area contributed by atoms with E-state index in [0.29, 0.717) is 23.5 Å². The number of carbonyl (C=O) groups excluding carboxylic acids is 1. The molecule has 8 nitrogen and oxygen atoms in total. The van der Waals surface area contributed by atoms with Crippen LogP contribution in [0.3, 0.4) is 0 Å². The van der Waals surface area contributed by atoms with Gasteiger partial charge in [-0.15, -0.1) is 10.2 Å². The molecule has 0 spiro atoms. The van der Waals surface area contributed by atoms with E-state index in [-0.39, 0.29) is 5.65 Å². The minimum atomic E-state index is -0.513. The molecule has 0 saturated carbocycles. The predicted octanol–water partition coefficient (Wildman–Crippen LogP) is 3.16. The van der Waals surface area contributed by atoms with Crippen LogP contribution in [0.1, 0.15) is 30.0 Å². The highest BCUT2D eigenvalue weighted by atomic mass is 19.1. The Labute approximate surface area is 172 Å². The zero-order chi connectivity index (χ0) is 21.3. The molecule has 0 saturated heterocycles. The highest BCUT2D eigenvalue weighted by Gasteiger charge is 2.21. The second-order valence-electron chi connectivity index (χ2n) is 7.00. The lowest BCUT2D eigenvalue weighted by atomic mass is 10.2. The largest absolute Gasteiger partial charge is 0.340 e. The average molecular weight is 405 g/mol. The minimum Gasteiger partial charge on any atom is -0.340 e. The van der Waals surface area contributed by atoms with Crippen molar-refractivity contribution < 1.29 is 9.18 Å². The van der Waals surface area contributed by atoms with Crippen molar-refractivity contribution in [3.8, 4) is 11.3 Å². The molecule has 0 fully saturated rings. The van der Waals surface area contributed by atoms with Crippen LogP contribution in [-0.2, 0) is 11.8 Å². The molecule has 4 rings (SSSR count).